The highest BCUT2D eigenvalue weighted by Gasteiger charge is 2.31. The van der Waals surface area contributed by atoms with Crippen LogP contribution in [0.3, 0.4) is 0 Å². The molecule has 0 spiro atoms. The van der Waals surface area contributed by atoms with E-state index in [0.29, 0.717) is 26.1 Å². The number of amides is 2. The van der Waals surface area contributed by atoms with Crippen LogP contribution >= 0.6 is 0 Å². The predicted molar refractivity (Wildman–Crippen MR) is 107 cm³/mol. The van der Waals surface area contributed by atoms with Gasteiger partial charge in [-0.3, -0.25) is 14.3 Å². The second-order valence-corrected chi connectivity index (χ2v) is 7.94. The van der Waals surface area contributed by atoms with Gasteiger partial charge in [-0.1, -0.05) is 0 Å². The molecule has 2 aliphatic heterocycles. The topological polar surface area (TPSA) is 84.2 Å². The van der Waals surface area contributed by atoms with Crippen LogP contribution in [0.15, 0.2) is 18.5 Å². The van der Waals surface area contributed by atoms with Crippen LogP contribution in [0.2, 0.25) is 0 Å². The molecule has 2 aromatic heterocycles. The van der Waals surface area contributed by atoms with Crippen molar-refractivity contribution in [1.82, 2.24) is 29.5 Å². The number of fused-ring (bicyclic) bond motifs is 1. The molecule has 2 aliphatic rings. The molecular formula is C21H28N6O2. The van der Waals surface area contributed by atoms with Crippen molar-refractivity contribution in [3.8, 4) is 0 Å². The highest BCUT2D eigenvalue weighted by atomic mass is 16.2. The Bertz CT molecular complexity index is 908. The average Bonchev–Trinajstić information content (AvgIpc) is 3.16. The second-order valence-electron chi connectivity index (χ2n) is 7.94. The van der Waals surface area contributed by atoms with Gasteiger partial charge in [-0.25, -0.2) is 9.97 Å². The largest absolute Gasteiger partial charge is 0.338 e. The third kappa shape index (κ3) is 4.16. The maximum absolute atomic E-state index is 13.0. The fourth-order valence-corrected chi connectivity index (χ4v) is 4.24. The quantitative estimate of drug-likeness (QED) is 0.790. The number of nitrogens with zero attached hydrogens (tertiary/aromatic N) is 6. The average molecular weight is 396 g/mol. The first-order valence-corrected chi connectivity index (χ1v) is 10.4. The van der Waals surface area contributed by atoms with Crippen LogP contribution in [0, 0.1) is 6.92 Å². The number of hydrogen-bond acceptors (Lipinski definition) is 5. The number of aromatic nitrogens is 4. The van der Waals surface area contributed by atoms with Crippen LogP contribution in [-0.2, 0) is 29.1 Å². The predicted octanol–water partition coefficient (Wildman–Crippen LogP) is 2.03. The Balaban J connectivity index is 1.48. The van der Waals surface area contributed by atoms with Crippen LogP contribution in [0.5, 0.6) is 0 Å². The summed E-state index contributed by atoms with van der Waals surface area (Å²) in [6.07, 6.45) is 7.76. The van der Waals surface area contributed by atoms with E-state index < -0.39 is 0 Å². The van der Waals surface area contributed by atoms with Gasteiger partial charge >= 0.3 is 0 Å². The molecular weight excluding hydrogens is 368 g/mol. The van der Waals surface area contributed by atoms with E-state index in [1.165, 1.54) is 0 Å². The highest BCUT2D eigenvalue weighted by Crippen LogP contribution is 2.30. The third-order valence-electron chi connectivity index (χ3n) is 5.99. The Labute approximate surface area is 170 Å². The molecule has 2 amide bonds. The van der Waals surface area contributed by atoms with E-state index in [2.05, 4.69) is 10.1 Å². The normalized spacial score (nSPS) is 19.2. The summed E-state index contributed by atoms with van der Waals surface area (Å²) in [5.74, 6) is 0.952. The number of carbonyl (C=O) groups excluding carboxylic acids is 2. The Morgan fingerprint density at radius 1 is 1.24 bits per heavy atom. The maximum Gasteiger partial charge on any atom is 0.225 e. The summed E-state index contributed by atoms with van der Waals surface area (Å²) < 4.78 is 1.87. The van der Waals surface area contributed by atoms with Crippen LogP contribution in [-0.4, -0.2) is 54.5 Å². The number of piperidine rings is 1. The van der Waals surface area contributed by atoms with E-state index in [4.69, 9.17) is 4.98 Å². The van der Waals surface area contributed by atoms with Gasteiger partial charge in [0.1, 0.15) is 0 Å². The fourth-order valence-electron chi connectivity index (χ4n) is 4.24. The van der Waals surface area contributed by atoms with Crippen molar-refractivity contribution < 1.29 is 9.59 Å². The summed E-state index contributed by atoms with van der Waals surface area (Å²) in [4.78, 5) is 37.8. The molecule has 1 fully saturated rings. The number of likely N-dealkylation sites (tertiary alicyclic amines) is 1. The van der Waals surface area contributed by atoms with E-state index in [1.54, 1.807) is 13.1 Å². The molecule has 2 aromatic rings. The molecule has 154 valence electrons. The number of rotatable bonds is 4. The lowest BCUT2D eigenvalue weighted by Crippen LogP contribution is -2.40. The molecule has 29 heavy (non-hydrogen) atoms. The van der Waals surface area contributed by atoms with Crippen molar-refractivity contribution in [3.05, 3.63) is 41.2 Å². The van der Waals surface area contributed by atoms with Crippen molar-refractivity contribution in [1.29, 1.82) is 0 Å². The minimum Gasteiger partial charge on any atom is -0.338 e. The van der Waals surface area contributed by atoms with E-state index in [9.17, 15) is 9.59 Å². The van der Waals surface area contributed by atoms with Gasteiger partial charge in [0, 0.05) is 69.6 Å². The zero-order chi connectivity index (χ0) is 20.4. The summed E-state index contributed by atoms with van der Waals surface area (Å²) in [6, 6.07) is 1.88. The Morgan fingerprint density at radius 3 is 2.86 bits per heavy atom. The van der Waals surface area contributed by atoms with Crippen LogP contribution < -0.4 is 0 Å². The first-order valence-electron chi connectivity index (χ1n) is 10.4. The van der Waals surface area contributed by atoms with Crippen LogP contribution in [0.1, 0.15) is 61.4 Å². The van der Waals surface area contributed by atoms with Crippen molar-refractivity contribution in [2.75, 3.05) is 13.1 Å². The first-order chi connectivity index (χ1) is 14.0. The molecule has 8 heteroatoms. The van der Waals surface area contributed by atoms with Crippen molar-refractivity contribution >= 4 is 11.8 Å². The lowest BCUT2D eigenvalue weighted by molar-refractivity contribution is -0.135. The van der Waals surface area contributed by atoms with Gasteiger partial charge in [-0.15, -0.1) is 0 Å². The summed E-state index contributed by atoms with van der Waals surface area (Å²) in [6.45, 7) is 6.19. The maximum atomic E-state index is 13.0. The SMILES string of the molecule is CC(=O)N1CCc2nc([C@H]3CCCCN3C(=O)CCn3nccc3C)ncc2C1. The van der Waals surface area contributed by atoms with Crippen LogP contribution in [0.4, 0.5) is 0 Å². The zero-order valence-electron chi connectivity index (χ0n) is 17.2. The molecule has 0 saturated carbocycles. The number of aryl methyl sites for hydroxylation is 2. The molecule has 4 rings (SSSR count). The Kier molecular flexibility index (Phi) is 5.60. The van der Waals surface area contributed by atoms with Gasteiger partial charge in [0.05, 0.1) is 11.7 Å². The molecule has 0 radical (unpaired) electrons. The zero-order valence-corrected chi connectivity index (χ0v) is 17.2. The highest BCUT2D eigenvalue weighted by molar-refractivity contribution is 5.76. The summed E-state index contributed by atoms with van der Waals surface area (Å²) >= 11 is 0. The van der Waals surface area contributed by atoms with Gasteiger partial charge < -0.3 is 9.80 Å². The third-order valence-corrected chi connectivity index (χ3v) is 5.99. The van der Waals surface area contributed by atoms with Gasteiger partial charge in [0.15, 0.2) is 5.82 Å². The van der Waals surface area contributed by atoms with Gasteiger partial charge in [-0.05, 0) is 32.3 Å². The minimum atomic E-state index is -0.0638. The smallest absolute Gasteiger partial charge is 0.225 e. The van der Waals surface area contributed by atoms with E-state index in [1.807, 2.05) is 33.7 Å². The van der Waals surface area contributed by atoms with E-state index in [0.717, 1.165) is 55.0 Å². The molecule has 0 N–H and O–H groups in total. The fraction of sp³-hybridized carbons (Fsp3) is 0.571. The van der Waals surface area contributed by atoms with Gasteiger partial charge in [0.25, 0.3) is 0 Å². The second kappa shape index (κ2) is 8.31. The van der Waals surface area contributed by atoms with Gasteiger partial charge in [0.2, 0.25) is 11.8 Å². The van der Waals surface area contributed by atoms with Crippen molar-refractivity contribution in [3.63, 3.8) is 0 Å². The Hall–Kier alpha value is -2.77. The molecule has 8 nitrogen and oxygen atoms in total. The summed E-state index contributed by atoms with van der Waals surface area (Å²) in [5.41, 5.74) is 3.08. The number of carbonyl (C=O) groups is 2. The molecule has 4 heterocycles. The molecule has 0 unspecified atom stereocenters. The molecule has 0 aliphatic carbocycles. The minimum absolute atomic E-state index is 0.0638. The molecule has 1 saturated heterocycles. The lowest BCUT2D eigenvalue weighted by Gasteiger charge is -2.35. The molecule has 0 bridgehead atoms. The van der Waals surface area contributed by atoms with Crippen LogP contribution in [0.25, 0.3) is 0 Å². The van der Waals surface area contributed by atoms with Crippen molar-refractivity contribution in [2.24, 2.45) is 0 Å². The first kappa shape index (κ1) is 19.5. The summed E-state index contributed by atoms with van der Waals surface area (Å²) in [7, 11) is 0. The number of hydrogen-bond donors (Lipinski definition) is 0. The standard InChI is InChI=1S/C21H28N6O2/c1-15-6-9-23-27(15)12-8-20(29)26-10-4-3-5-19(26)21-22-13-17-14-25(16(2)28)11-7-18(17)24-21/h6,9,13,19H,3-5,7-8,10-12,14H2,1-2H3/t19-/m1/s1. The molecule has 0 aromatic carbocycles. The monoisotopic (exact) mass is 396 g/mol. The summed E-state index contributed by atoms with van der Waals surface area (Å²) in [5, 5.41) is 4.27. The van der Waals surface area contributed by atoms with E-state index >= 15 is 0 Å². The van der Waals surface area contributed by atoms with Crippen molar-refractivity contribution in [2.45, 2.75) is 65.1 Å². The van der Waals surface area contributed by atoms with Gasteiger partial charge in [-0.2, -0.15) is 5.10 Å². The molecule has 1 atom stereocenters. The lowest BCUT2D eigenvalue weighted by atomic mass is 10.00. The Morgan fingerprint density at radius 2 is 2.10 bits per heavy atom. The van der Waals surface area contributed by atoms with E-state index in [-0.39, 0.29) is 17.9 Å².